The maximum atomic E-state index is 11.7. The normalized spacial score (nSPS) is 9.95. The van der Waals surface area contributed by atoms with Crippen LogP contribution in [0.3, 0.4) is 0 Å². The van der Waals surface area contributed by atoms with Gasteiger partial charge in [-0.05, 0) is 47.2 Å². The molecule has 108 valence electrons. The Morgan fingerprint density at radius 2 is 1.57 bits per heavy atom. The number of rotatable bonds is 4. The Labute approximate surface area is 138 Å². The van der Waals surface area contributed by atoms with E-state index in [0.29, 0.717) is 5.69 Å². The van der Waals surface area contributed by atoms with E-state index in [1.165, 1.54) is 10.8 Å². The summed E-state index contributed by atoms with van der Waals surface area (Å²) in [7, 11) is 2.48. The molecule has 0 radical (unpaired) electrons. The topological polar surface area (TPSA) is 58.2 Å². The molecule has 2 amide bonds. The highest BCUT2D eigenvalue weighted by Gasteiger charge is 2.13. The van der Waals surface area contributed by atoms with Crippen LogP contribution in [0.15, 0.2) is 64.0 Å². The van der Waals surface area contributed by atoms with E-state index in [1.807, 2.05) is 30.3 Å². The molecule has 2 aromatic rings. The third-order valence-electron chi connectivity index (χ3n) is 2.32. The van der Waals surface area contributed by atoms with E-state index < -0.39 is 11.8 Å². The minimum Gasteiger partial charge on any atom is -0.318 e. The maximum Gasteiger partial charge on any atom is 0.320 e. The van der Waals surface area contributed by atoms with Gasteiger partial charge in [0.15, 0.2) is 0 Å². The van der Waals surface area contributed by atoms with Crippen molar-refractivity contribution in [3.63, 3.8) is 0 Å². The number of hydrogen-bond acceptors (Lipinski definition) is 4. The fourth-order valence-electron chi connectivity index (χ4n) is 1.35. The van der Waals surface area contributed by atoms with Gasteiger partial charge in [-0.25, -0.2) is 0 Å². The highest BCUT2D eigenvalue weighted by molar-refractivity contribution is 9.10. The lowest BCUT2D eigenvalue weighted by atomic mass is 10.3. The number of halogens is 1. The van der Waals surface area contributed by atoms with E-state index in [1.54, 1.807) is 24.3 Å². The zero-order valence-electron chi connectivity index (χ0n) is 10.7. The molecule has 0 heterocycles. The fraction of sp³-hybridized carbons (Fsp3) is 0. The molecular weight excluding hydrogens is 372 g/mol. The Kier molecular flexibility index (Phi) is 6.16. The number of hydrogen-bond donors (Lipinski definition) is 2. The van der Waals surface area contributed by atoms with Crippen LogP contribution in [0.4, 0.5) is 5.69 Å². The lowest BCUT2D eigenvalue weighted by molar-refractivity contribution is -0.134. The zero-order valence-corrected chi connectivity index (χ0v) is 13.9. The van der Waals surface area contributed by atoms with Crippen molar-refractivity contribution in [1.29, 1.82) is 0 Å². The predicted octanol–water partition coefficient (Wildman–Crippen LogP) is 3.86. The monoisotopic (exact) mass is 382 g/mol. The van der Waals surface area contributed by atoms with E-state index in [4.69, 9.17) is 0 Å². The lowest BCUT2D eigenvalue weighted by Crippen LogP contribution is -2.30. The number of anilines is 1. The Morgan fingerprint density at radius 3 is 2.24 bits per heavy atom. The van der Waals surface area contributed by atoms with Crippen LogP contribution in [0.25, 0.3) is 0 Å². The van der Waals surface area contributed by atoms with Crippen LogP contribution in [0.1, 0.15) is 0 Å². The van der Waals surface area contributed by atoms with E-state index in [2.05, 4.69) is 26.0 Å². The fourth-order valence-corrected chi connectivity index (χ4v) is 3.16. The second-order valence-corrected chi connectivity index (χ2v) is 6.80. The average molecular weight is 383 g/mol. The SMILES string of the molecule is O=C(NSSc1ccccc1)C(=O)Nc1ccc(Br)cc1. The van der Waals surface area contributed by atoms with Crippen LogP contribution in [0.5, 0.6) is 0 Å². The van der Waals surface area contributed by atoms with Crippen molar-refractivity contribution in [1.82, 2.24) is 4.72 Å². The first-order valence-corrected chi connectivity index (χ1v) is 8.85. The number of nitrogens with one attached hydrogen (secondary N) is 2. The van der Waals surface area contributed by atoms with Crippen LogP contribution in [-0.4, -0.2) is 11.8 Å². The third-order valence-corrected chi connectivity index (χ3v) is 4.75. The molecule has 0 aliphatic rings. The Morgan fingerprint density at radius 1 is 0.905 bits per heavy atom. The van der Waals surface area contributed by atoms with E-state index in [-0.39, 0.29) is 0 Å². The van der Waals surface area contributed by atoms with Gasteiger partial charge in [0, 0.05) is 26.0 Å². The molecule has 0 saturated heterocycles. The molecule has 0 saturated carbocycles. The summed E-state index contributed by atoms with van der Waals surface area (Å²) in [5.41, 5.74) is 0.569. The summed E-state index contributed by atoms with van der Waals surface area (Å²) in [5, 5.41) is 2.52. The van der Waals surface area contributed by atoms with E-state index >= 15 is 0 Å². The van der Waals surface area contributed by atoms with Crippen molar-refractivity contribution in [2.45, 2.75) is 4.90 Å². The van der Waals surface area contributed by atoms with Gasteiger partial charge in [0.05, 0.1) is 0 Å². The molecule has 2 N–H and O–H groups in total. The van der Waals surface area contributed by atoms with Gasteiger partial charge in [0.1, 0.15) is 0 Å². The van der Waals surface area contributed by atoms with Crippen LogP contribution < -0.4 is 10.0 Å². The third kappa shape index (κ3) is 5.45. The molecule has 4 nitrogen and oxygen atoms in total. The second kappa shape index (κ2) is 8.11. The molecule has 0 aliphatic heterocycles. The van der Waals surface area contributed by atoms with Gasteiger partial charge in [-0.2, -0.15) is 0 Å². The van der Waals surface area contributed by atoms with Crippen LogP contribution >= 0.6 is 37.7 Å². The van der Waals surface area contributed by atoms with Crippen molar-refractivity contribution in [2.75, 3.05) is 5.32 Å². The maximum absolute atomic E-state index is 11.7. The predicted molar refractivity (Wildman–Crippen MR) is 90.8 cm³/mol. The summed E-state index contributed by atoms with van der Waals surface area (Å²) >= 11 is 3.30. The van der Waals surface area contributed by atoms with Gasteiger partial charge >= 0.3 is 11.8 Å². The molecule has 0 aromatic heterocycles. The zero-order chi connectivity index (χ0) is 15.1. The molecule has 0 bridgehead atoms. The summed E-state index contributed by atoms with van der Waals surface area (Å²) in [5.74, 6) is -1.38. The molecular formula is C14H11BrN2O2S2. The smallest absolute Gasteiger partial charge is 0.318 e. The quantitative estimate of drug-likeness (QED) is 0.478. The van der Waals surface area contributed by atoms with Gasteiger partial charge in [-0.1, -0.05) is 34.1 Å². The summed E-state index contributed by atoms with van der Waals surface area (Å²) < 4.78 is 3.38. The van der Waals surface area contributed by atoms with Crippen molar-refractivity contribution in [3.05, 3.63) is 59.1 Å². The van der Waals surface area contributed by atoms with E-state index in [0.717, 1.165) is 20.3 Å². The molecule has 0 spiro atoms. The van der Waals surface area contributed by atoms with Crippen molar-refractivity contribution in [3.8, 4) is 0 Å². The van der Waals surface area contributed by atoms with Gasteiger partial charge in [-0.15, -0.1) is 0 Å². The summed E-state index contributed by atoms with van der Waals surface area (Å²) in [4.78, 5) is 24.3. The molecule has 0 fully saturated rings. The number of amides is 2. The minimum absolute atomic E-state index is 0.569. The Balaban J connectivity index is 1.77. The highest BCUT2D eigenvalue weighted by atomic mass is 79.9. The minimum atomic E-state index is -0.696. The van der Waals surface area contributed by atoms with Gasteiger partial charge in [0.25, 0.3) is 0 Å². The molecule has 2 rings (SSSR count). The van der Waals surface area contributed by atoms with Gasteiger partial charge in [-0.3, -0.25) is 14.3 Å². The first kappa shape index (κ1) is 15.9. The van der Waals surface area contributed by atoms with E-state index in [9.17, 15) is 9.59 Å². The molecule has 0 aliphatic carbocycles. The molecule has 7 heteroatoms. The first-order valence-electron chi connectivity index (χ1n) is 5.90. The molecule has 2 aromatic carbocycles. The number of carbonyl (C=O) groups excluding carboxylic acids is 2. The van der Waals surface area contributed by atoms with Gasteiger partial charge in [0.2, 0.25) is 0 Å². The summed E-state index contributed by atoms with van der Waals surface area (Å²) in [6.07, 6.45) is 0. The Hall–Kier alpha value is -1.44. The molecule has 0 unspecified atom stereocenters. The van der Waals surface area contributed by atoms with Crippen LogP contribution in [-0.2, 0) is 9.59 Å². The lowest BCUT2D eigenvalue weighted by Gasteiger charge is -2.05. The summed E-state index contributed by atoms with van der Waals surface area (Å²) in [6.45, 7) is 0. The largest absolute Gasteiger partial charge is 0.320 e. The van der Waals surface area contributed by atoms with Crippen molar-refractivity contribution < 1.29 is 9.59 Å². The number of carbonyl (C=O) groups is 2. The van der Waals surface area contributed by atoms with Crippen LogP contribution in [0.2, 0.25) is 0 Å². The average Bonchev–Trinajstić information content (AvgIpc) is 2.50. The van der Waals surface area contributed by atoms with Crippen LogP contribution in [0, 0.1) is 0 Å². The second-order valence-electron chi connectivity index (χ2n) is 3.87. The highest BCUT2D eigenvalue weighted by Crippen LogP contribution is 2.27. The molecule has 0 atom stereocenters. The first-order chi connectivity index (χ1) is 10.1. The van der Waals surface area contributed by atoms with Gasteiger partial charge < -0.3 is 5.32 Å². The van der Waals surface area contributed by atoms with Crippen molar-refractivity contribution in [2.24, 2.45) is 0 Å². The standard InChI is InChI=1S/C14H11BrN2O2S2/c15-10-6-8-11(9-7-10)16-13(18)14(19)17-21-20-12-4-2-1-3-5-12/h1-9H,(H,16,18)(H,17,19). The van der Waals surface area contributed by atoms with Crippen molar-refractivity contribution >= 4 is 55.2 Å². The Bertz CT molecular complexity index is 621. The number of benzene rings is 2. The summed E-state index contributed by atoms with van der Waals surface area (Å²) in [6, 6.07) is 16.6. The molecule has 21 heavy (non-hydrogen) atoms.